The second-order valence-corrected chi connectivity index (χ2v) is 7.98. The Morgan fingerprint density at radius 3 is 2.04 bits per heavy atom. The number of nitrogens with one attached hydrogen (secondary N) is 2. The highest BCUT2D eigenvalue weighted by Crippen LogP contribution is 2.26. The molecule has 0 fully saturated rings. The Morgan fingerprint density at radius 2 is 1.57 bits per heavy atom. The third-order valence-corrected chi connectivity index (χ3v) is 4.36. The van der Waals surface area contributed by atoms with Crippen molar-refractivity contribution in [1.29, 1.82) is 0 Å². The van der Waals surface area contributed by atoms with E-state index in [2.05, 4.69) is 76.4 Å². The summed E-state index contributed by atoms with van der Waals surface area (Å²) < 4.78 is 0. The topological polar surface area (TPSA) is 27.3 Å². The van der Waals surface area contributed by atoms with Crippen molar-refractivity contribution in [2.45, 2.75) is 46.5 Å². The lowest BCUT2D eigenvalue weighted by Crippen LogP contribution is -2.39. The van der Waals surface area contributed by atoms with Crippen molar-refractivity contribution in [3.05, 3.63) is 34.4 Å². The monoisotopic (exact) mass is 335 g/mol. The normalized spacial score (nSPS) is 11.7. The quantitative estimate of drug-likeness (QED) is 0.781. The molecular weight excluding hydrogens is 302 g/mol. The molecule has 0 aliphatic heterocycles. The van der Waals surface area contributed by atoms with Crippen molar-refractivity contribution >= 4 is 17.3 Å². The molecule has 1 aromatic carbocycles. The molecule has 0 aliphatic rings. The molecule has 0 spiro atoms. The molecule has 0 amide bonds. The standard InChI is InChI=1S/C19H33N3S/c1-14-12-16(19(3,4)5)13-15(2)17(14)8-9-20-18(23)21-10-11-22(6)7/h12-13H,8-11H2,1-7H3,(H2,20,21,23). The van der Waals surface area contributed by atoms with E-state index in [1.165, 1.54) is 22.3 Å². The molecule has 4 heteroatoms. The maximum atomic E-state index is 5.32. The Bertz CT molecular complexity index is 507. The van der Waals surface area contributed by atoms with Crippen LogP contribution in [0.15, 0.2) is 12.1 Å². The predicted octanol–water partition coefficient (Wildman–Crippen LogP) is 3.17. The van der Waals surface area contributed by atoms with Crippen LogP contribution in [0.3, 0.4) is 0 Å². The van der Waals surface area contributed by atoms with E-state index in [0.717, 1.165) is 31.2 Å². The van der Waals surface area contributed by atoms with Crippen molar-refractivity contribution in [1.82, 2.24) is 15.5 Å². The van der Waals surface area contributed by atoms with Gasteiger partial charge in [-0.2, -0.15) is 0 Å². The predicted molar refractivity (Wildman–Crippen MR) is 105 cm³/mol. The summed E-state index contributed by atoms with van der Waals surface area (Å²) in [6.07, 6.45) is 0.998. The first-order valence-corrected chi connectivity index (χ1v) is 8.79. The third-order valence-electron chi connectivity index (χ3n) is 4.07. The molecule has 0 aromatic heterocycles. The lowest BCUT2D eigenvalue weighted by atomic mass is 9.83. The van der Waals surface area contributed by atoms with Gasteiger partial charge in [-0.1, -0.05) is 32.9 Å². The Labute approximate surface area is 147 Å². The maximum absolute atomic E-state index is 5.32. The molecule has 2 N–H and O–H groups in total. The highest BCUT2D eigenvalue weighted by atomic mass is 32.1. The molecule has 130 valence electrons. The van der Waals surface area contributed by atoms with Gasteiger partial charge in [0, 0.05) is 19.6 Å². The Balaban J connectivity index is 2.54. The second-order valence-electron chi connectivity index (χ2n) is 7.57. The Hall–Kier alpha value is -1.13. The minimum atomic E-state index is 0.199. The maximum Gasteiger partial charge on any atom is 0.166 e. The first-order valence-electron chi connectivity index (χ1n) is 8.38. The average molecular weight is 336 g/mol. The fraction of sp³-hybridized carbons (Fsp3) is 0.632. The van der Waals surface area contributed by atoms with Gasteiger partial charge in [0.15, 0.2) is 5.11 Å². The first-order chi connectivity index (χ1) is 10.6. The molecule has 1 rings (SSSR count). The summed E-state index contributed by atoms with van der Waals surface area (Å²) in [5, 5.41) is 7.29. The third kappa shape index (κ3) is 6.88. The minimum Gasteiger partial charge on any atom is -0.362 e. The fourth-order valence-electron chi connectivity index (χ4n) is 2.58. The number of likely N-dealkylation sites (N-methyl/N-ethyl adjacent to an activating group) is 1. The first kappa shape index (κ1) is 19.9. The summed E-state index contributed by atoms with van der Waals surface area (Å²) >= 11 is 5.32. The number of rotatable bonds is 6. The number of hydrogen-bond donors (Lipinski definition) is 2. The van der Waals surface area contributed by atoms with Gasteiger partial charge in [0.25, 0.3) is 0 Å². The van der Waals surface area contributed by atoms with Gasteiger partial charge in [-0.3, -0.25) is 0 Å². The molecule has 23 heavy (non-hydrogen) atoms. The van der Waals surface area contributed by atoms with E-state index in [0.29, 0.717) is 0 Å². The van der Waals surface area contributed by atoms with E-state index < -0.39 is 0 Å². The van der Waals surface area contributed by atoms with Gasteiger partial charge in [-0.25, -0.2) is 0 Å². The van der Waals surface area contributed by atoms with Crippen LogP contribution in [0.4, 0.5) is 0 Å². The van der Waals surface area contributed by atoms with Crippen LogP contribution in [0, 0.1) is 13.8 Å². The van der Waals surface area contributed by atoms with E-state index >= 15 is 0 Å². The number of benzene rings is 1. The minimum absolute atomic E-state index is 0.199. The summed E-state index contributed by atoms with van der Waals surface area (Å²) in [7, 11) is 4.12. The number of thiocarbonyl (C=S) groups is 1. The highest BCUT2D eigenvalue weighted by Gasteiger charge is 2.16. The highest BCUT2D eigenvalue weighted by molar-refractivity contribution is 7.80. The zero-order valence-corrected chi connectivity index (χ0v) is 16.7. The van der Waals surface area contributed by atoms with Crippen LogP contribution in [0.2, 0.25) is 0 Å². The average Bonchev–Trinajstić information content (AvgIpc) is 2.40. The number of hydrogen-bond acceptors (Lipinski definition) is 2. The summed E-state index contributed by atoms with van der Waals surface area (Å²) in [6, 6.07) is 4.66. The van der Waals surface area contributed by atoms with Gasteiger partial charge in [0.2, 0.25) is 0 Å². The van der Waals surface area contributed by atoms with Gasteiger partial charge >= 0.3 is 0 Å². The number of nitrogens with zero attached hydrogens (tertiary/aromatic N) is 1. The molecule has 0 bridgehead atoms. The van der Waals surface area contributed by atoms with Gasteiger partial charge in [0.1, 0.15) is 0 Å². The summed E-state index contributed by atoms with van der Waals surface area (Å²) in [5.74, 6) is 0. The SMILES string of the molecule is Cc1cc(C(C)(C)C)cc(C)c1CCNC(=S)NCCN(C)C. The van der Waals surface area contributed by atoms with E-state index in [-0.39, 0.29) is 5.41 Å². The zero-order chi connectivity index (χ0) is 17.6. The van der Waals surface area contributed by atoms with Gasteiger partial charge in [-0.05, 0) is 74.3 Å². The smallest absolute Gasteiger partial charge is 0.166 e. The molecule has 0 unspecified atom stereocenters. The molecule has 0 saturated carbocycles. The molecule has 0 atom stereocenters. The lowest BCUT2D eigenvalue weighted by Gasteiger charge is -2.22. The van der Waals surface area contributed by atoms with Crippen LogP contribution in [0.1, 0.15) is 43.0 Å². The summed E-state index contributed by atoms with van der Waals surface area (Å²) in [6.45, 7) is 13.9. The molecule has 3 nitrogen and oxygen atoms in total. The van der Waals surface area contributed by atoms with Crippen molar-refractivity contribution in [2.24, 2.45) is 0 Å². The van der Waals surface area contributed by atoms with Crippen LogP contribution in [-0.4, -0.2) is 43.7 Å². The Kier molecular flexibility index (Phi) is 7.49. The molecule has 0 radical (unpaired) electrons. The van der Waals surface area contributed by atoms with Crippen LogP contribution >= 0.6 is 12.2 Å². The Morgan fingerprint density at radius 1 is 1.04 bits per heavy atom. The van der Waals surface area contributed by atoms with Crippen LogP contribution in [-0.2, 0) is 11.8 Å². The summed E-state index contributed by atoms with van der Waals surface area (Å²) in [4.78, 5) is 2.14. The lowest BCUT2D eigenvalue weighted by molar-refractivity contribution is 0.412. The van der Waals surface area contributed by atoms with Crippen LogP contribution in [0.25, 0.3) is 0 Å². The van der Waals surface area contributed by atoms with E-state index in [1.54, 1.807) is 0 Å². The van der Waals surface area contributed by atoms with E-state index in [4.69, 9.17) is 12.2 Å². The molecule has 0 saturated heterocycles. The van der Waals surface area contributed by atoms with Crippen molar-refractivity contribution in [2.75, 3.05) is 33.7 Å². The summed E-state index contributed by atoms with van der Waals surface area (Å²) in [5.41, 5.74) is 5.79. The number of aryl methyl sites for hydroxylation is 2. The second kappa shape index (κ2) is 8.65. The largest absolute Gasteiger partial charge is 0.362 e. The van der Waals surface area contributed by atoms with Crippen molar-refractivity contribution in [3.63, 3.8) is 0 Å². The van der Waals surface area contributed by atoms with E-state index in [9.17, 15) is 0 Å². The zero-order valence-electron chi connectivity index (χ0n) is 15.8. The molecule has 1 aromatic rings. The van der Waals surface area contributed by atoms with Crippen LogP contribution in [0.5, 0.6) is 0 Å². The van der Waals surface area contributed by atoms with Crippen LogP contribution < -0.4 is 10.6 Å². The molecule has 0 heterocycles. The molecule has 0 aliphatic carbocycles. The van der Waals surface area contributed by atoms with Gasteiger partial charge in [0.05, 0.1) is 0 Å². The van der Waals surface area contributed by atoms with Crippen molar-refractivity contribution < 1.29 is 0 Å². The van der Waals surface area contributed by atoms with Crippen molar-refractivity contribution in [3.8, 4) is 0 Å². The van der Waals surface area contributed by atoms with Gasteiger partial charge < -0.3 is 15.5 Å². The van der Waals surface area contributed by atoms with Gasteiger partial charge in [-0.15, -0.1) is 0 Å². The fourth-order valence-corrected chi connectivity index (χ4v) is 2.78. The molecular formula is C19H33N3S. The van der Waals surface area contributed by atoms with E-state index in [1.807, 2.05) is 0 Å².